The van der Waals surface area contributed by atoms with Crippen LogP contribution in [0.2, 0.25) is 0 Å². The molecule has 1 aliphatic carbocycles. The number of nitrogens with one attached hydrogen (secondary N) is 2. The lowest BCUT2D eigenvalue weighted by atomic mass is 10.3. The van der Waals surface area contributed by atoms with Crippen LogP contribution in [0.1, 0.15) is 57.2 Å². The molecule has 1 saturated heterocycles. The lowest BCUT2D eigenvalue weighted by molar-refractivity contribution is 0.0420. The Labute approximate surface area is 156 Å². The molecule has 2 N–H and O–H groups in total. The molecular weight excluding hydrogens is 330 g/mol. The highest BCUT2D eigenvalue weighted by Gasteiger charge is 2.17. The largest absolute Gasteiger partial charge is 0.379 e. The van der Waals surface area contributed by atoms with E-state index in [1.54, 1.807) is 0 Å². The van der Waals surface area contributed by atoms with E-state index >= 15 is 0 Å². The Bertz CT molecular complexity index is 548. The van der Waals surface area contributed by atoms with Gasteiger partial charge in [0, 0.05) is 32.5 Å². The number of aliphatic imine (C=N–C) groups is 1. The number of ether oxygens (including phenoxy) is 2. The summed E-state index contributed by atoms with van der Waals surface area (Å²) in [5.41, 5.74) is 1.03. The lowest BCUT2D eigenvalue weighted by Gasteiger charge is -2.12. The third-order valence-corrected chi connectivity index (χ3v) is 4.96. The van der Waals surface area contributed by atoms with Crippen LogP contribution in [0.4, 0.5) is 0 Å². The zero-order chi connectivity index (χ0) is 18.0. The average molecular weight is 364 g/mol. The van der Waals surface area contributed by atoms with Gasteiger partial charge in [0.15, 0.2) is 5.96 Å². The standard InChI is InChI=1S/C19H33N5O2/c1-2-20-19(21-10-5-12-26-18-9-13-25-15-18)22-14-16-8-11-24(23-16)17-6-3-4-7-17/h8,11,17-18H,2-7,9-10,12-15H2,1H3,(H2,20,21,22). The van der Waals surface area contributed by atoms with Gasteiger partial charge in [-0.15, -0.1) is 0 Å². The zero-order valence-corrected chi connectivity index (χ0v) is 16.0. The molecule has 0 amide bonds. The SMILES string of the molecule is CCNC(=NCc1ccn(C2CCCC2)n1)NCCCOC1CCOC1. The smallest absolute Gasteiger partial charge is 0.191 e. The molecule has 7 heteroatoms. The first-order chi connectivity index (χ1) is 12.8. The van der Waals surface area contributed by atoms with E-state index in [9.17, 15) is 0 Å². The van der Waals surface area contributed by atoms with Gasteiger partial charge in [-0.05, 0) is 38.7 Å². The highest BCUT2D eigenvalue weighted by atomic mass is 16.5. The van der Waals surface area contributed by atoms with Gasteiger partial charge in [-0.1, -0.05) is 12.8 Å². The minimum atomic E-state index is 0.284. The van der Waals surface area contributed by atoms with Gasteiger partial charge in [0.2, 0.25) is 0 Å². The number of nitrogens with zero attached hydrogens (tertiary/aromatic N) is 3. The molecule has 0 radical (unpaired) electrons. The maximum Gasteiger partial charge on any atom is 0.191 e. The van der Waals surface area contributed by atoms with Crippen molar-refractivity contribution in [3.05, 3.63) is 18.0 Å². The van der Waals surface area contributed by atoms with Crippen molar-refractivity contribution in [1.29, 1.82) is 0 Å². The molecule has 1 aromatic heterocycles. The minimum absolute atomic E-state index is 0.284. The molecule has 2 aliphatic rings. The van der Waals surface area contributed by atoms with Crippen molar-refractivity contribution in [1.82, 2.24) is 20.4 Å². The van der Waals surface area contributed by atoms with Crippen LogP contribution >= 0.6 is 0 Å². The van der Waals surface area contributed by atoms with Crippen molar-refractivity contribution in [2.45, 2.75) is 64.1 Å². The van der Waals surface area contributed by atoms with Gasteiger partial charge in [0.05, 0.1) is 31.0 Å². The van der Waals surface area contributed by atoms with E-state index in [1.165, 1.54) is 25.7 Å². The van der Waals surface area contributed by atoms with E-state index in [4.69, 9.17) is 14.6 Å². The number of guanidine groups is 1. The normalized spacial score (nSPS) is 21.4. The summed E-state index contributed by atoms with van der Waals surface area (Å²) in [6.07, 6.45) is 9.52. The Kier molecular flexibility index (Phi) is 7.76. The quantitative estimate of drug-likeness (QED) is 0.400. The Balaban J connectivity index is 1.38. The van der Waals surface area contributed by atoms with Crippen molar-refractivity contribution in [3.8, 4) is 0 Å². The number of hydrogen-bond donors (Lipinski definition) is 2. The summed E-state index contributed by atoms with van der Waals surface area (Å²) in [7, 11) is 0. The van der Waals surface area contributed by atoms with Crippen molar-refractivity contribution in [2.75, 3.05) is 32.9 Å². The predicted octanol–water partition coefficient (Wildman–Crippen LogP) is 2.25. The van der Waals surface area contributed by atoms with Crippen molar-refractivity contribution < 1.29 is 9.47 Å². The van der Waals surface area contributed by atoms with Crippen molar-refractivity contribution in [3.63, 3.8) is 0 Å². The van der Waals surface area contributed by atoms with Crippen LogP contribution < -0.4 is 10.6 Å². The molecule has 26 heavy (non-hydrogen) atoms. The first-order valence-corrected chi connectivity index (χ1v) is 10.1. The van der Waals surface area contributed by atoms with E-state index in [0.717, 1.165) is 57.4 Å². The Morgan fingerprint density at radius 1 is 1.35 bits per heavy atom. The van der Waals surface area contributed by atoms with Gasteiger partial charge < -0.3 is 20.1 Å². The van der Waals surface area contributed by atoms with Crippen LogP contribution in [0.5, 0.6) is 0 Å². The molecule has 146 valence electrons. The minimum Gasteiger partial charge on any atom is -0.379 e. The van der Waals surface area contributed by atoms with E-state index in [-0.39, 0.29) is 6.10 Å². The highest BCUT2D eigenvalue weighted by Crippen LogP contribution is 2.28. The summed E-state index contributed by atoms with van der Waals surface area (Å²) in [5.74, 6) is 0.840. The molecule has 3 rings (SSSR count). The predicted molar refractivity (Wildman–Crippen MR) is 102 cm³/mol. The van der Waals surface area contributed by atoms with Crippen molar-refractivity contribution >= 4 is 5.96 Å². The molecule has 2 fully saturated rings. The summed E-state index contributed by atoms with van der Waals surface area (Å²) < 4.78 is 13.2. The third kappa shape index (κ3) is 5.99. The molecule has 0 spiro atoms. The summed E-state index contributed by atoms with van der Waals surface area (Å²) in [5, 5.41) is 11.4. The van der Waals surface area contributed by atoms with Crippen LogP contribution in [-0.4, -0.2) is 54.8 Å². The summed E-state index contributed by atoms with van der Waals surface area (Å²) in [4.78, 5) is 4.66. The van der Waals surface area contributed by atoms with Crippen LogP contribution in [-0.2, 0) is 16.0 Å². The second kappa shape index (κ2) is 10.5. The first kappa shape index (κ1) is 19.2. The average Bonchev–Trinajstić information content (AvgIpc) is 3.41. The Morgan fingerprint density at radius 3 is 3.00 bits per heavy atom. The maximum atomic E-state index is 5.79. The molecule has 1 atom stereocenters. The second-order valence-corrected chi connectivity index (χ2v) is 7.06. The number of aromatic nitrogens is 2. The molecule has 1 aliphatic heterocycles. The van der Waals surface area contributed by atoms with Gasteiger partial charge in [0.25, 0.3) is 0 Å². The van der Waals surface area contributed by atoms with E-state index < -0.39 is 0 Å². The van der Waals surface area contributed by atoms with E-state index in [2.05, 4.69) is 39.5 Å². The van der Waals surface area contributed by atoms with Crippen molar-refractivity contribution in [2.24, 2.45) is 4.99 Å². The Morgan fingerprint density at radius 2 is 2.23 bits per heavy atom. The number of hydrogen-bond acceptors (Lipinski definition) is 4. The fourth-order valence-electron chi connectivity index (χ4n) is 3.51. The monoisotopic (exact) mass is 363 g/mol. The highest BCUT2D eigenvalue weighted by molar-refractivity contribution is 5.79. The Hall–Kier alpha value is -1.60. The van der Waals surface area contributed by atoms with Gasteiger partial charge in [-0.2, -0.15) is 5.10 Å². The summed E-state index contributed by atoms with van der Waals surface area (Å²) in [6.45, 7) is 6.70. The van der Waals surface area contributed by atoms with Crippen LogP contribution in [0.3, 0.4) is 0 Å². The van der Waals surface area contributed by atoms with Crippen LogP contribution in [0.15, 0.2) is 17.3 Å². The maximum absolute atomic E-state index is 5.79. The van der Waals surface area contributed by atoms with Gasteiger partial charge in [-0.3, -0.25) is 4.68 Å². The topological polar surface area (TPSA) is 72.7 Å². The molecule has 1 saturated carbocycles. The molecule has 1 unspecified atom stereocenters. The van der Waals surface area contributed by atoms with E-state index in [0.29, 0.717) is 12.6 Å². The first-order valence-electron chi connectivity index (χ1n) is 10.1. The summed E-state index contributed by atoms with van der Waals surface area (Å²) >= 11 is 0. The molecule has 0 bridgehead atoms. The summed E-state index contributed by atoms with van der Waals surface area (Å²) in [6, 6.07) is 2.67. The number of rotatable bonds is 9. The second-order valence-electron chi connectivity index (χ2n) is 7.06. The zero-order valence-electron chi connectivity index (χ0n) is 16.0. The molecule has 7 nitrogen and oxygen atoms in total. The van der Waals surface area contributed by atoms with Gasteiger partial charge in [-0.25, -0.2) is 4.99 Å². The molecule has 1 aromatic rings. The fraction of sp³-hybridized carbons (Fsp3) is 0.789. The van der Waals surface area contributed by atoms with Crippen LogP contribution in [0, 0.1) is 0 Å². The molecule has 0 aromatic carbocycles. The van der Waals surface area contributed by atoms with Gasteiger partial charge in [0.1, 0.15) is 0 Å². The van der Waals surface area contributed by atoms with Gasteiger partial charge >= 0.3 is 0 Å². The fourth-order valence-corrected chi connectivity index (χ4v) is 3.51. The third-order valence-electron chi connectivity index (χ3n) is 4.96. The van der Waals surface area contributed by atoms with Crippen LogP contribution in [0.25, 0.3) is 0 Å². The molecular formula is C19H33N5O2. The molecule has 2 heterocycles. The lowest BCUT2D eigenvalue weighted by Crippen LogP contribution is -2.38. The van der Waals surface area contributed by atoms with E-state index in [1.807, 2.05) is 0 Å².